The molecule has 0 nitrogen and oxygen atoms in total. The van der Waals surface area contributed by atoms with Gasteiger partial charge in [0.05, 0.1) is 0 Å². The predicted octanol–water partition coefficient (Wildman–Crippen LogP) is 6.06. The average Bonchev–Trinajstić information content (AvgIpc) is 3.15. The normalized spacial score (nSPS) is 18.5. The Morgan fingerprint density at radius 3 is 2.28 bits per heavy atom. The fraction of sp³-hybridized carbons (Fsp3) is 0.667. The molecule has 102 valence electrons. The summed E-state index contributed by atoms with van der Waals surface area (Å²) in [4.78, 5) is 0. The zero-order chi connectivity index (χ0) is 13.7. The van der Waals surface area contributed by atoms with E-state index in [1.54, 1.807) is 16.7 Å². The third-order valence-electron chi connectivity index (χ3n) is 4.29. The SMILES string of the molecule is C=C(C)CCC(=CC(C)C(C)=C1CC1)C(C)CC. The highest BCUT2D eigenvalue weighted by Gasteiger charge is 2.18. The maximum Gasteiger partial charge on any atom is -0.00490 e. The van der Waals surface area contributed by atoms with Crippen LogP contribution in [-0.4, -0.2) is 0 Å². The zero-order valence-corrected chi connectivity index (χ0v) is 13.0. The molecule has 1 aliphatic carbocycles. The van der Waals surface area contributed by atoms with Crippen LogP contribution in [0.5, 0.6) is 0 Å². The number of allylic oxidation sites excluding steroid dienone is 5. The topological polar surface area (TPSA) is 0 Å². The third-order valence-corrected chi connectivity index (χ3v) is 4.29. The van der Waals surface area contributed by atoms with Crippen molar-refractivity contribution in [2.24, 2.45) is 11.8 Å². The van der Waals surface area contributed by atoms with Gasteiger partial charge in [-0.3, -0.25) is 0 Å². The molecule has 0 N–H and O–H groups in total. The first-order valence-corrected chi connectivity index (χ1v) is 7.49. The molecule has 1 rings (SSSR count). The molecule has 18 heavy (non-hydrogen) atoms. The van der Waals surface area contributed by atoms with Gasteiger partial charge in [-0.15, -0.1) is 6.58 Å². The zero-order valence-electron chi connectivity index (χ0n) is 13.0. The summed E-state index contributed by atoms with van der Waals surface area (Å²) >= 11 is 0. The van der Waals surface area contributed by atoms with E-state index in [2.05, 4.69) is 47.3 Å². The molecule has 0 bridgehead atoms. The van der Waals surface area contributed by atoms with Gasteiger partial charge in [-0.2, -0.15) is 0 Å². The molecule has 2 unspecified atom stereocenters. The van der Waals surface area contributed by atoms with Crippen LogP contribution < -0.4 is 0 Å². The van der Waals surface area contributed by atoms with Crippen LogP contribution in [0.2, 0.25) is 0 Å². The van der Waals surface area contributed by atoms with Gasteiger partial charge in [0.15, 0.2) is 0 Å². The van der Waals surface area contributed by atoms with Gasteiger partial charge in [-0.1, -0.05) is 49.1 Å². The Bertz CT molecular complexity index is 348. The van der Waals surface area contributed by atoms with Gasteiger partial charge in [0.25, 0.3) is 0 Å². The Kier molecular flexibility index (Phi) is 5.91. The van der Waals surface area contributed by atoms with E-state index in [4.69, 9.17) is 0 Å². The molecule has 0 heterocycles. The fourth-order valence-electron chi connectivity index (χ4n) is 2.34. The van der Waals surface area contributed by atoms with E-state index in [1.807, 2.05) is 0 Å². The van der Waals surface area contributed by atoms with Gasteiger partial charge in [0.2, 0.25) is 0 Å². The first-order chi connectivity index (χ1) is 8.45. The summed E-state index contributed by atoms with van der Waals surface area (Å²) in [6.07, 6.45) is 8.78. The molecule has 1 saturated carbocycles. The Morgan fingerprint density at radius 2 is 1.83 bits per heavy atom. The van der Waals surface area contributed by atoms with Gasteiger partial charge in [0.1, 0.15) is 0 Å². The summed E-state index contributed by atoms with van der Waals surface area (Å²) in [5.41, 5.74) is 6.25. The molecule has 1 aliphatic rings. The minimum absolute atomic E-state index is 0.622. The lowest BCUT2D eigenvalue weighted by Crippen LogP contribution is -2.03. The second kappa shape index (κ2) is 6.97. The van der Waals surface area contributed by atoms with Crippen LogP contribution in [0.1, 0.15) is 66.7 Å². The van der Waals surface area contributed by atoms with Gasteiger partial charge in [-0.05, 0) is 57.8 Å². The Labute approximate surface area is 114 Å². The van der Waals surface area contributed by atoms with Crippen molar-refractivity contribution in [2.75, 3.05) is 0 Å². The van der Waals surface area contributed by atoms with E-state index in [9.17, 15) is 0 Å². The standard InChI is InChI=1S/C18H30/c1-7-14(4)18(9-8-13(2)3)12-15(5)16(6)17-10-11-17/h12,14-15H,2,7-11H2,1,3-6H3. The van der Waals surface area contributed by atoms with Crippen LogP contribution in [0.15, 0.2) is 34.9 Å². The molecule has 2 atom stereocenters. The lowest BCUT2D eigenvalue weighted by molar-refractivity contribution is 0.610. The van der Waals surface area contributed by atoms with Crippen molar-refractivity contribution >= 4 is 0 Å². The predicted molar refractivity (Wildman–Crippen MR) is 82.7 cm³/mol. The van der Waals surface area contributed by atoms with Crippen LogP contribution >= 0.6 is 0 Å². The Hall–Kier alpha value is -0.780. The molecular weight excluding hydrogens is 216 g/mol. The maximum atomic E-state index is 4.03. The van der Waals surface area contributed by atoms with Crippen molar-refractivity contribution in [3.05, 3.63) is 34.9 Å². The molecule has 0 aromatic carbocycles. The molecule has 0 aliphatic heterocycles. The summed E-state index contributed by atoms with van der Waals surface area (Å²) in [7, 11) is 0. The van der Waals surface area contributed by atoms with E-state index in [0.717, 1.165) is 6.42 Å². The number of hydrogen-bond acceptors (Lipinski definition) is 0. The maximum absolute atomic E-state index is 4.03. The van der Waals surface area contributed by atoms with Crippen molar-refractivity contribution in [3.8, 4) is 0 Å². The third kappa shape index (κ3) is 4.84. The van der Waals surface area contributed by atoms with Crippen LogP contribution in [0.4, 0.5) is 0 Å². The largest absolute Gasteiger partial charge is 0.100 e. The van der Waals surface area contributed by atoms with Crippen LogP contribution in [0.3, 0.4) is 0 Å². The monoisotopic (exact) mass is 246 g/mol. The van der Waals surface area contributed by atoms with Gasteiger partial charge in [-0.25, -0.2) is 0 Å². The first-order valence-electron chi connectivity index (χ1n) is 7.49. The Morgan fingerprint density at radius 1 is 1.22 bits per heavy atom. The Balaban J connectivity index is 2.74. The summed E-state index contributed by atoms with van der Waals surface area (Å²) < 4.78 is 0. The second-order valence-electron chi connectivity index (χ2n) is 6.08. The van der Waals surface area contributed by atoms with E-state index < -0.39 is 0 Å². The summed E-state index contributed by atoms with van der Waals surface area (Å²) in [5, 5.41) is 0. The molecule has 1 fully saturated rings. The molecule has 0 heteroatoms. The number of hydrogen-bond donors (Lipinski definition) is 0. The molecule has 0 saturated heterocycles. The van der Waals surface area contributed by atoms with Gasteiger partial charge in [0, 0.05) is 0 Å². The highest BCUT2D eigenvalue weighted by Crippen LogP contribution is 2.36. The molecule has 0 amide bonds. The molecule has 0 spiro atoms. The first kappa shape index (κ1) is 15.3. The summed E-state index contributed by atoms with van der Waals surface area (Å²) in [6.45, 7) is 15.5. The molecular formula is C18H30. The average molecular weight is 246 g/mol. The molecule has 0 aromatic heterocycles. The minimum Gasteiger partial charge on any atom is -0.100 e. The smallest absolute Gasteiger partial charge is 0.00490 e. The summed E-state index contributed by atoms with van der Waals surface area (Å²) in [6, 6.07) is 0. The highest BCUT2D eigenvalue weighted by atomic mass is 14.2. The van der Waals surface area contributed by atoms with E-state index >= 15 is 0 Å². The van der Waals surface area contributed by atoms with E-state index in [0.29, 0.717) is 11.8 Å². The lowest BCUT2D eigenvalue weighted by atomic mass is 9.88. The van der Waals surface area contributed by atoms with Gasteiger partial charge >= 0.3 is 0 Å². The van der Waals surface area contributed by atoms with Crippen molar-refractivity contribution in [1.82, 2.24) is 0 Å². The summed E-state index contributed by atoms with van der Waals surface area (Å²) in [5.74, 6) is 1.33. The van der Waals surface area contributed by atoms with Crippen molar-refractivity contribution in [3.63, 3.8) is 0 Å². The number of rotatable bonds is 7. The molecule has 0 radical (unpaired) electrons. The minimum atomic E-state index is 0.622. The van der Waals surface area contributed by atoms with Crippen LogP contribution in [-0.2, 0) is 0 Å². The highest BCUT2D eigenvalue weighted by molar-refractivity contribution is 5.28. The molecule has 0 aromatic rings. The van der Waals surface area contributed by atoms with Crippen LogP contribution in [0.25, 0.3) is 0 Å². The van der Waals surface area contributed by atoms with Crippen molar-refractivity contribution in [1.29, 1.82) is 0 Å². The van der Waals surface area contributed by atoms with Crippen LogP contribution in [0, 0.1) is 11.8 Å². The van der Waals surface area contributed by atoms with E-state index in [-0.39, 0.29) is 0 Å². The van der Waals surface area contributed by atoms with E-state index in [1.165, 1.54) is 31.3 Å². The second-order valence-corrected chi connectivity index (χ2v) is 6.08. The lowest BCUT2D eigenvalue weighted by Gasteiger charge is -2.18. The van der Waals surface area contributed by atoms with Gasteiger partial charge < -0.3 is 0 Å². The van der Waals surface area contributed by atoms with Crippen molar-refractivity contribution < 1.29 is 0 Å². The fourth-order valence-corrected chi connectivity index (χ4v) is 2.34. The quantitative estimate of drug-likeness (QED) is 0.479. The van der Waals surface area contributed by atoms with Crippen molar-refractivity contribution in [2.45, 2.75) is 66.7 Å².